The zero-order valence-corrected chi connectivity index (χ0v) is 12.2. The molecule has 0 bridgehead atoms. The molecule has 106 valence electrons. The van der Waals surface area contributed by atoms with Crippen LogP contribution >= 0.6 is 0 Å². The van der Waals surface area contributed by atoms with E-state index >= 15 is 0 Å². The molecule has 1 heterocycles. The van der Waals surface area contributed by atoms with Crippen molar-refractivity contribution in [2.75, 3.05) is 33.4 Å². The van der Waals surface area contributed by atoms with Gasteiger partial charge in [-0.3, -0.25) is 4.90 Å². The summed E-state index contributed by atoms with van der Waals surface area (Å²) in [6.45, 7) is 8.48. The van der Waals surface area contributed by atoms with E-state index in [0.29, 0.717) is 0 Å². The first-order chi connectivity index (χ1) is 9.31. The third kappa shape index (κ3) is 4.60. The molecule has 19 heavy (non-hydrogen) atoms. The summed E-state index contributed by atoms with van der Waals surface area (Å²) in [6, 6.07) is 8.93. The van der Waals surface area contributed by atoms with Crippen molar-refractivity contribution in [3.05, 3.63) is 35.4 Å². The maximum absolute atomic E-state index is 5.25. The fourth-order valence-electron chi connectivity index (χ4n) is 2.79. The van der Waals surface area contributed by atoms with Crippen molar-refractivity contribution in [3.63, 3.8) is 0 Å². The van der Waals surface area contributed by atoms with Crippen LogP contribution in [0.5, 0.6) is 0 Å². The summed E-state index contributed by atoms with van der Waals surface area (Å²) in [7, 11) is 1.80. The van der Waals surface area contributed by atoms with Crippen molar-refractivity contribution in [2.45, 2.75) is 26.4 Å². The Morgan fingerprint density at radius 1 is 1.37 bits per heavy atom. The van der Waals surface area contributed by atoms with E-state index in [1.807, 2.05) is 0 Å². The van der Waals surface area contributed by atoms with Crippen LogP contribution in [0.15, 0.2) is 24.3 Å². The van der Waals surface area contributed by atoms with E-state index in [-0.39, 0.29) is 0 Å². The van der Waals surface area contributed by atoms with E-state index in [4.69, 9.17) is 4.74 Å². The van der Waals surface area contributed by atoms with Crippen LogP contribution in [0.2, 0.25) is 0 Å². The molecule has 1 N–H and O–H groups in total. The second-order valence-electron chi connectivity index (χ2n) is 5.45. The number of benzene rings is 1. The summed E-state index contributed by atoms with van der Waals surface area (Å²) in [6.07, 6.45) is 1.27. The number of ether oxygens (including phenoxy) is 1. The van der Waals surface area contributed by atoms with Gasteiger partial charge in [0.15, 0.2) is 0 Å². The van der Waals surface area contributed by atoms with Crippen LogP contribution in [0, 0.1) is 5.92 Å². The molecule has 2 rings (SSSR count). The number of rotatable bonds is 7. The molecule has 0 aliphatic carbocycles. The molecule has 1 atom stereocenters. The predicted molar refractivity (Wildman–Crippen MR) is 79.1 cm³/mol. The summed E-state index contributed by atoms with van der Waals surface area (Å²) in [5.41, 5.74) is 2.81. The first-order valence-electron chi connectivity index (χ1n) is 7.31. The van der Waals surface area contributed by atoms with Gasteiger partial charge in [-0.1, -0.05) is 31.2 Å². The molecule has 1 aliphatic rings. The first-order valence-corrected chi connectivity index (χ1v) is 7.31. The number of hydrogen-bond acceptors (Lipinski definition) is 3. The van der Waals surface area contributed by atoms with E-state index in [1.165, 1.54) is 30.6 Å². The molecular formula is C16H26N2O. The lowest BCUT2D eigenvalue weighted by Crippen LogP contribution is -2.21. The number of nitrogens with zero attached hydrogens (tertiary/aromatic N) is 1. The van der Waals surface area contributed by atoms with Crippen molar-refractivity contribution in [1.82, 2.24) is 10.2 Å². The van der Waals surface area contributed by atoms with E-state index in [1.54, 1.807) is 7.11 Å². The number of hydrogen-bond donors (Lipinski definition) is 1. The minimum absolute atomic E-state index is 0.718. The minimum Gasteiger partial charge on any atom is -0.384 e. The smallest absolute Gasteiger partial charge is 0.0503 e. The highest BCUT2D eigenvalue weighted by atomic mass is 16.5. The zero-order valence-electron chi connectivity index (χ0n) is 12.2. The van der Waals surface area contributed by atoms with Gasteiger partial charge in [0.1, 0.15) is 0 Å². The van der Waals surface area contributed by atoms with Gasteiger partial charge in [-0.2, -0.15) is 0 Å². The van der Waals surface area contributed by atoms with Gasteiger partial charge >= 0.3 is 0 Å². The van der Waals surface area contributed by atoms with E-state index in [9.17, 15) is 0 Å². The zero-order chi connectivity index (χ0) is 13.5. The highest BCUT2D eigenvalue weighted by molar-refractivity contribution is 5.23. The maximum Gasteiger partial charge on any atom is 0.0503 e. The van der Waals surface area contributed by atoms with Gasteiger partial charge in [0.05, 0.1) is 6.61 Å². The summed E-state index contributed by atoms with van der Waals surface area (Å²) in [4.78, 5) is 2.54. The fraction of sp³-hybridized carbons (Fsp3) is 0.625. The standard InChI is InChI=1S/C16H26N2O/c1-3-17-10-14-5-4-6-15(9-14)11-18-8-7-16(12-18)13-19-2/h4-6,9,16-17H,3,7-8,10-13H2,1-2H3. The molecular weight excluding hydrogens is 236 g/mol. The molecule has 0 aromatic heterocycles. The van der Waals surface area contributed by atoms with Crippen LogP contribution in [0.3, 0.4) is 0 Å². The van der Waals surface area contributed by atoms with Crippen LogP contribution in [0.4, 0.5) is 0 Å². The lowest BCUT2D eigenvalue weighted by atomic mass is 10.1. The third-order valence-corrected chi connectivity index (χ3v) is 3.75. The van der Waals surface area contributed by atoms with Gasteiger partial charge in [-0.15, -0.1) is 0 Å². The lowest BCUT2D eigenvalue weighted by molar-refractivity contribution is 0.152. The Balaban J connectivity index is 1.85. The monoisotopic (exact) mass is 262 g/mol. The lowest BCUT2D eigenvalue weighted by Gasteiger charge is -2.16. The van der Waals surface area contributed by atoms with Crippen LogP contribution in [0.25, 0.3) is 0 Å². The highest BCUT2D eigenvalue weighted by Crippen LogP contribution is 2.19. The van der Waals surface area contributed by atoms with Crippen molar-refractivity contribution in [2.24, 2.45) is 5.92 Å². The summed E-state index contributed by atoms with van der Waals surface area (Å²) >= 11 is 0. The Bertz CT molecular complexity index is 381. The quantitative estimate of drug-likeness (QED) is 0.816. The molecule has 0 radical (unpaired) electrons. The molecule has 3 heteroatoms. The molecule has 0 saturated carbocycles. The largest absolute Gasteiger partial charge is 0.384 e. The van der Waals surface area contributed by atoms with Gasteiger partial charge in [-0.25, -0.2) is 0 Å². The van der Waals surface area contributed by atoms with Gasteiger partial charge in [0.25, 0.3) is 0 Å². The second kappa shape index (κ2) is 7.63. The van der Waals surface area contributed by atoms with Crippen LogP contribution in [-0.4, -0.2) is 38.3 Å². The average Bonchev–Trinajstić information content (AvgIpc) is 2.85. The highest BCUT2D eigenvalue weighted by Gasteiger charge is 2.22. The number of methoxy groups -OCH3 is 1. The molecule has 1 fully saturated rings. The van der Waals surface area contributed by atoms with Gasteiger partial charge < -0.3 is 10.1 Å². The fourth-order valence-corrected chi connectivity index (χ4v) is 2.79. The summed E-state index contributed by atoms with van der Waals surface area (Å²) in [5.74, 6) is 0.718. The van der Waals surface area contributed by atoms with Gasteiger partial charge in [0, 0.05) is 26.7 Å². The summed E-state index contributed by atoms with van der Waals surface area (Å²) in [5, 5.41) is 3.38. The van der Waals surface area contributed by atoms with E-state index in [2.05, 4.69) is 41.4 Å². The van der Waals surface area contributed by atoms with Crippen molar-refractivity contribution in [3.8, 4) is 0 Å². The Morgan fingerprint density at radius 2 is 2.21 bits per heavy atom. The summed E-state index contributed by atoms with van der Waals surface area (Å²) < 4.78 is 5.25. The molecule has 1 aliphatic heterocycles. The Labute approximate surface area is 116 Å². The van der Waals surface area contributed by atoms with Crippen molar-refractivity contribution >= 4 is 0 Å². The normalized spacial score (nSPS) is 20.0. The Hall–Kier alpha value is -0.900. The molecule has 3 nitrogen and oxygen atoms in total. The van der Waals surface area contributed by atoms with Crippen LogP contribution in [0.1, 0.15) is 24.5 Å². The van der Waals surface area contributed by atoms with Gasteiger partial charge in [0.2, 0.25) is 0 Å². The molecule has 1 saturated heterocycles. The first kappa shape index (κ1) is 14.5. The van der Waals surface area contributed by atoms with Crippen molar-refractivity contribution in [1.29, 1.82) is 0 Å². The van der Waals surface area contributed by atoms with E-state index < -0.39 is 0 Å². The number of likely N-dealkylation sites (tertiary alicyclic amines) is 1. The maximum atomic E-state index is 5.25. The Kier molecular flexibility index (Phi) is 5.83. The predicted octanol–water partition coefficient (Wildman–Crippen LogP) is 2.26. The molecule has 1 aromatic rings. The molecule has 1 unspecified atom stereocenters. The Morgan fingerprint density at radius 3 is 3.00 bits per heavy atom. The van der Waals surface area contributed by atoms with E-state index in [0.717, 1.165) is 32.2 Å². The minimum atomic E-state index is 0.718. The van der Waals surface area contributed by atoms with Crippen molar-refractivity contribution < 1.29 is 4.74 Å². The van der Waals surface area contributed by atoms with Gasteiger partial charge in [-0.05, 0) is 36.6 Å². The molecule has 0 spiro atoms. The number of nitrogens with one attached hydrogen (secondary N) is 1. The second-order valence-corrected chi connectivity index (χ2v) is 5.45. The third-order valence-electron chi connectivity index (χ3n) is 3.75. The van der Waals surface area contributed by atoms with Crippen LogP contribution < -0.4 is 5.32 Å². The SMILES string of the molecule is CCNCc1cccc(CN2CCC(COC)C2)c1. The van der Waals surface area contributed by atoms with Crippen LogP contribution in [-0.2, 0) is 17.8 Å². The average molecular weight is 262 g/mol. The topological polar surface area (TPSA) is 24.5 Å². The molecule has 1 aromatic carbocycles. The molecule has 0 amide bonds.